The van der Waals surface area contributed by atoms with Crippen molar-refractivity contribution < 1.29 is 18.3 Å². The maximum Gasteiger partial charge on any atom is 0.0919 e. The zero-order chi connectivity index (χ0) is 36.6. The summed E-state index contributed by atoms with van der Waals surface area (Å²) in [5.41, 5.74) is 4.48. The third-order valence-electron chi connectivity index (χ3n) is 10.8. The molecule has 0 atom stereocenters. The summed E-state index contributed by atoms with van der Waals surface area (Å²) < 4.78 is 58.5. The molecular formula is C44H60O4P4. The van der Waals surface area contributed by atoms with Gasteiger partial charge in [-0.05, 0) is 73.6 Å². The van der Waals surface area contributed by atoms with Crippen LogP contribution in [0.3, 0.4) is 0 Å². The first kappa shape index (κ1) is 41.0. The lowest BCUT2D eigenvalue weighted by atomic mass is 10.2. The zero-order valence-electron chi connectivity index (χ0n) is 31.1. The van der Waals surface area contributed by atoms with Crippen LogP contribution in [0.15, 0.2) is 121 Å². The van der Waals surface area contributed by atoms with E-state index in [1.165, 1.54) is 0 Å². The van der Waals surface area contributed by atoms with E-state index in [1.807, 2.05) is 72.8 Å². The van der Waals surface area contributed by atoms with Gasteiger partial charge in [0.15, 0.2) is 0 Å². The number of benzene rings is 4. The Morgan fingerprint density at radius 1 is 0.269 bits per heavy atom. The van der Waals surface area contributed by atoms with Crippen molar-refractivity contribution in [3.05, 3.63) is 144 Å². The topological polar surface area (TPSA) is 68.3 Å². The monoisotopic (exact) mass is 776 g/mol. The molecule has 52 heavy (non-hydrogen) atoms. The second-order valence-electron chi connectivity index (χ2n) is 15.4. The van der Waals surface area contributed by atoms with E-state index in [-0.39, 0.29) is 0 Å². The maximum atomic E-state index is 14.6. The highest BCUT2D eigenvalue weighted by molar-refractivity contribution is 7.64. The fourth-order valence-corrected chi connectivity index (χ4v) is 20.0. The molecule has 1 saturated heterocycles. The third-order valence-corrected chi connectivity index (χ3v) is 23.6. The Kier molecular flexibility index (Phi) is 16.1. The minimum absolute atomic E-state index is 0.597. The van der Waals surface area contributed by atoms with Gasteiger partial charge in [-0.1, -0.05) is 121 Å². The summed E-state index contributed by atoms with van der Waals surface area (Å²) >= 11 is 0. The van der Waals surface area contributed by atoms with E-state index >= 15 is 0 Å². The summed E-state index contributed by atoms with van der Waals surface area (Å²) in [6.07, 6.45) is 14.2. The summed E-state index contributed by atoms with van der Waals surface area (Å²) in [6, 6.07) is 40.8. The molecule has 1 aliphatic heterocycles. The summed E-state index contributed by atoms with van der Waals surface area (Å²) in [6.45, 7) is 0. The Morgan fingerprint density at radius 2 is 0.423 bits per heavy atom. The van der Waals surface area contributed by atoms with Crippen LogP contribution in [0.25, 0.3) is 0 Å². The minimum atomic E-state index is -2.53. The second-order valence-corrected chi connectivity index (χ2v) is 28.7. The molecule has 1 fully saturated rings. The largest absolute Gasteiger partial charge is 0.323 e. The molecule has 5 rings (SSSR count). The van der Waals surface area contributed by atoms with Gasteiger partial charge in [-0.25, -0.2) is 0 Å². The summed E-state index contributed by atoms with van der Waals surface area (Å²) in [4.78, 5) is 0. The molecule has 4 aromatic carbocycles. The highest BCUT2D eigenvalue weighted by Gasteiger charge is 2.29. The standard InChI is InChI=1S/C44H60O4P4/c45-49(37-41-21-5-1-6-22-41)29-13-15-31-50(46,38-42-23-7-2-8-24-42)33-17-19-35-52(48,40-44-27-11-4-12-28-44)36-20-18-34-51(47,32-16-14-30-49)39-43-25-9-3-10-26-43/h1-12,21-28H,13-20,29-40H2. The first-order valence-electron chi connectivity index (χ1n) is 19.6. The van der Waals surface area contributed by atoms with Crippen molar-refractivity contribution in [1.29, 1.82) is 0 Å². The van der Waals surface area contributed by atoms with Gasteiger partial charge in [0.1, 0.15) is 0 Å². The van der Waals surface area contributed by atoms with Crippen molar-refractivity contribution in [2.75, 3.05) is 49.3 Å². The molecule has 0 aromatic heterocycles. The van der Waals surface area contributed by atoms with Gasteiger partial charge >= 0.3 is 0 Å². The molecule has 0 bridgehead atoms. The van der Waals surface area contributed by atoms with Crippen LogP contribution in [0.4, 0.5) is 0 Å². The van der Waals surface area contributed by atoms with Crippen molar-refractivity contribution in [2.24, 2.45) is 0 Å². The van der Waals surface area contributed by atoms with Crippen molar-refractivity contribution in [1.82, 2.24) is 0 Å². The molecule has 1 aliphatic rings. The van der Waals surface area contributed by atoms with Crippen LogP contribution >= 0.6 is 28.6 Å². The van der Waals surface area contributed by atoms with Crippen LogP contribution in [0.1, 0.15) is 73.6 Å². The lowest BCUT2D eigenvalue weighted by Gasteiger charge is -2.24. The van der Waals surface area contributed by atoms with Gasteiger partial charge in [0.05, 0.1) is 28.6 Å². The molecule has 0 saturated carbocycles. The Hall–Kier alpha value is -2.20. The van der Waals surface area contributed by atoms with E-state index in [1.54, 1.807) is 0 Å². The predicted molar refractivity (Wildman–Crippen MR) is 227 cm³/mol. The van der Waals surface area contributed by atoms with Gasteiger partial charge in [-0.15, -0.1) is 0 Å². The van der Waals surface area contributed by atoms with Crippen LogP contribution < -0.4 is 0 Å². The van der Waals surface area contributed by atoms with Crippen molar-refractivity contribution >= 4 is 28.6 Å². The summed E-state index contributed by atoms with van der Waals surface area (Å²) in [5, 5.41) is 0. The molecule has 4 aromatic rings. The normalized spacial score (nSPS) is 27.7. The van der Waals surface area contributed by atoms with Gasteiger partial charge in [-0.2, -0.15) is 0 Å². The molecule has 1 heterocycles. The minimum Gasteiger partial charge on any atom is -0.323 e. The molecule has 0 spiro atoms. The molecule has 280 valence electrons. The maximum absolute atomic E-state index is 14.6. The number of hydrogen-bond acceptors (Lipinski definition) is 4. The average Bonchev–Trinajstić information content (AvgIpc) is 3.14. The van der Waals surface area contributed by atoms with E-state index in [9.17, 15) is 18.3 Å². The molecule has 0 aliphatic carbocycles. The summed E-state index contributed by atoms with van der Waals surface area (Å²) in [5.74, 6) is 0. The Labute approximate surface area is 314 Å². The SMILES string of the molecule is O=P1(Cc2ccccc2)CCCCP(=O)(Cc2ccccc2)CCCCP(=O)(Cc2ccccc2)CCCCP(=O)(Cc2ccccc2)CCCC1. The lowest BCUT2D eigenvalue weighted by molar-refractivity contribution is 0.559. The summed E-state index contributed by atoms with van der Waals surface area (Å²) in [7, 11) is -10.1. The average molecular weight is 777 g/mol. The highest BCUT2D eigenvalue weighted by Crippen LogP contribution is 2.56. The first-order chi connectivity index (χ1) is 25.1. The van der Waals surface area contributed by atoms with Gasteiger partial charge in [0.25, 0.3) is 0 Å². The van der Waals surface area contributed by atoms with Crippen LogP contribution in [0.2, 0.25) is 0 Å². The second kappa shape index (κ2) is 20.5. The van der Waals surface area contributed by atoms with Crippen molar-refractivity contribution in [2.45, 2.75) is 76.0 Å². The highest BCUT2D eigenvalue weighted by atomic mass is 31.2. The Bertz CT molecular complexity index is 1500. The van der Waals surface area contributed by atoms with Gasteiger partial charge < -0.3 is 18.3 Å². The smallest absolute Gasteiger partial charge is 0.0919 e. The zero-order valence-corrected chi connectivity index (χ0v) is 34.7. The third kappa shape index (κ3) is 14.2. The van der Waals surface area contributed by atoms with Crippen molar-refractivity contribution in [3.8, 4) is 0 Å². The van der Waals surface area contributed by atoms with Crippen molar-refractivity contribution in [3.63, 3.8) is 0 Å². The van der Waals surface area contributed by atoms with Crippen LogP contribution in [-0.2, 0) is 42.9 Å². The van der Waals surface area contributed by atoms with Crippen LogP contribution in [-0.4, -0.2) is 49.3 Å². The van der Waals surface area contributed by atoms with Gasteiger partial charge in [-0.3, -0.25) is 0 Å². The lowest BCUT2D eigenvalue weighted by Crippen LogP contribution is -2.07. The van der Waals surface area contributed by atoms with E-state index in [0.29, 0.717) is 73.9 Å². The molecule has 0 amide bonds. The quantitative estimate of drug-likeness (QED) is 0.167. The molecule has 0 unspecified atom stereocenters. The number of hydrogen-bond donors (Lipinski definition) is 0. The molecule has 4 nitrogen and oxygen atoms in total. The van der Waals surface area contributed by atoms with E-state index in [0.717, 1.165) is 73.6 Å². The molecular weight excluding hydrogens is 716 g/mol. The molecule has 0 N–H and O–H groups in total. The molecule has 8 heteroatoms. The van der Waals surface area contributed by atoms with Crippen LogP contribution in [0, 0.1) is 0 Å². The van der Waals surface area contributed by atoms with E-state index in [2.05, 4.69) is 48.5 Å². The van der Waals surface area contributed by atoms with E-state index < -0.39 is 28.6 Å². The van der Waals surface area contributed by atoms with E-state index in [4.69, 9.17) is 0 Å². The van der Waals surface area contributed by atoms with Gasteiger partial charge in [0.2, 0.25) is 0 Å². The van der Waals surface area contributed by atoms with Gasteiger partial charge in [0, 0.05) is 73.9 Å². The number of rotatable bonds is 8. The van der Waals surface area contributed by atoms with Crippen LogP contribution in [0.5, 0.6) is 0 Å². The molecule has 0 radical (unpaired) electrons. The predicted octanol–water partition coefficient (Wildman–Crippen LogP) is 13.4. The Balaban J connectivity index is 1.34. The fraction of sp³-hybridized carbons (Fsp3) is 0.455. The first-order valence-corrected chi connectivity index (χ1v) is 28.6. The fourth-order valence-electron chi connectivity index (χ4n) is 7.94. The Morgan fingerprint density at radius 3 is 0.577 bits per heavy atom.